The number of hydrogen-bond donors (Lipinski definition) is 2. The van der Waals surface area contributed by atoms with Gasteiger partial charge in [0.05, 0.1) is 12.2 Å². The fourth-order valence-electron chi connectivity index (χ4n) is 1.27. The first-order valence-corrected chi connectivity index (χ1v) is 5.59. The highest BCUT2D eigenvalue weighted by Gasteiger charge is 2.33. The van der Waals surface area contributed by atoms with Crippen molar-refractivity contribution in [3.05, 3.63) is 23.4 Å². The first-order valence-electron chi connectivity index (χ1n) is 5.59. The van der Waals surface area contributed by atoms with Crippen molar-refractivity contribution >= 4 is 5.84 Å². The normalized spacial score (nSPS) is 12.5. The number of aromatic nitrogens is 1. The van der Waals surface area contributed by atoms with E-state index in [0.717, 1.165) is 18.6 Å². The topological polar surface area (TPSA) is 80.7 Å². The fourth-order valence-corrected chi connectivity index (χ4v) is 1.27. The van der Waals surface area contributed by atoms with Crippen LogP contribution in [0.2, 0.25) is 0 Å². The molecule has 0 saturated carbocycles. The van der Waals surface area contributed by atoms with E-state index in [2.05, 4.69) is 10.1 Å². The van der Waals surface area contributed by atoms with Gasteiger partial charge in [-0.05, 0) is 18.6 Å². The summed E-state index contributed by atoms with van der Waals surface area (Å²) < 4.78 is 42.8. The van der Waals surface area contributed by atoms with Crippen LogP contribution in [0.4, 0.5) is 13.2 Å². The molecule has 19 heavy (non-hydrogen) atoms. The Morgan fingerprint density at radius 2 is 2.16 bits per heavy atom. The van der Waals surface area contributed by atoms with E-state index < -0.39 is 11.9 Å². The van der Waals surface area contributed by atoms with Crippen LogP contribution in [-0.2, 0) is 6.18 Å². The van der Waals surface area contributed by atoms with Crippen molar-refractivity contribution in [2.24, 2.45) is 10.9 Å². The Balaban J connectivity index is 3.11. The third kappa shape index (κ3) is 4.01. The van der Waals surface area contributed by atoms with Gasteiger partial charge in [0, 0.05) is 0 Å². The summed E-state index contributed by atoms with van der Waals surface area (Å²) in [5.41, 5.74) is 4.29. The molecular formula is C11H14F3N3O2. The van der Waals surface area contributed by atoms with Crippen molar-refractivity contribution in [3.8, 4) is 5.88 Å². The summed E-state index contributed by atoms with van der Waals surface area (Å²) in [6.07, 6.45) is -3.10. The summed E-state index contributed by atoms with van der Waals surface area (Å²) in [4.78, 5) is 3.37. The monoisotopic (exact) mass is 277 g/mol. The molecule has 0 aliphatic carbocycles. The largest absolute Gasteiger partial charge is 0.477 e. The number of pyridine rings is 1. The van der Waals surface area contributed by atoms with Gasteiger partial charge in [0.25, 0.3) is 0 Å². The molecule has 0 amide bonds. The number of oxime groups is 1. The Kier molecular flexibility index (Phi) is 4.96. The van der Waals surface area contributed by atoms with Gasteiger partial charge in [-0.15, -0.1) is 0 Å². The molecule has 0 atom stereocenters. The summed E-state index contributed by atoms with van der Waals surface area (Å²) in [6.45, 7) is 2.11. The second-order valence-corrected chi connectivity index (χ2v) is 3.73. The third-order valence-electron chi connectivity index (χ3n) is 2.27. The van der Waals surface area contributed by atoms with Crippen molar-refractivity contribution in [2.75, 3.05) is 6.61 Å². The Morgan fingerprint density at radius 1 is 1.47 bits per heavy atom. The van der Waals surface area contributed by atoms with E-state index in [1.165, 1.54) is 0 Å². The number of nitrogens with zero attached hydrogens (tertiary/aromatic N) is 2. The van der Waals surface area contributed by atoms with Gasteiger partial charge in [-0.1, -0.05) is 18.5 Å². The summed E-state index contributed by atoms with van der Waals surface area (Å²) >= 11 is 0. The first kappa shape index (κ1) is 15.1. The molecule has 0 unspecified atom stereocenters. The van der Waals surface area contributed by atoms with Crippen LogP contribution >= 0.6 is 0 Å². The maximum Gasteiger partial charge on any atom is 0.433 e. The molecule has 0 aliphatic heterocycles. The molecule has 1 rings (SSSR count). The van der Waals surface area contributed by atoms with Gasteiger partial charge in [-0.3, -0.25) is 0 Å². The summed E-state index contributed by atoms with van der Waals surface area (Å²) in [5.74, 6) is -0.647. The molecule has 106 valence electrons. The number of amidine groups is 1. The molecule has 1 aromatic rings. The third-order valence-corrected chi connectivity index (χ3v) is 2.27. The molecule has 0 aliphatic rings. The second-order valence-electron chi connectivity index (χ2n) is 3.73. The average molecular weight is 277 g/mol. The van der Waals surface area contributed by atoms with Crippen molar-refractivity contribution in [3.63, 3.8) is 0 Å². The van der Waals surface area contributed by atoms with Crippen molar-refractivity contribution in [2.45, 2.75) is 25.9 Å². The molecule has 0 aromatic carbocycles. The van der Waals surface area contributed by atoms with E-state index in [4.69, 9.17) is 15.7 Å². The predicted molar refractivity (Wildman–Crippen MR) is 62.2 cm³/mol. The van der Waals surface area contributed by atoms with Gasteiger partial charge in [-0.25, -0.2) is 4.98 Å². The van der Waals surface area contributed by atoms with Gasteiger partial charge < -0.3 is 15.7 Å². The van der Waals surface area contributed by atoms with Crippen LogP contribution in [0.3, 0.4) is 0 Å². The number of alkyl halides is 3. The van der Waals surface area contributed by atoms with Crippen LogP contribution in [0.25, 0.3) is 0 Å². The molecule has 0 fully saturated rings. The first-order chi connectivity index (χ1) is 8.90. The Labute approximate surface area is 107 Å². The molecule has 8 heteroatoms. The summed E-state index contributed by atoms with van der Waals surface area (Å²) in [6, 6.07) is 1.81. The lowest BCUT2D eigenvalue weighted by Crippen LogP contribution is -2.18. The molecular weight excluding hydrogens is 263 g/mol. The molecule has 1 heterocycles. The average Bonchev–Trinajstić information content (AvgIpc) is 2.37. The standard InChI is InChI=1S/C11H14F3N3O2/c1-2-3-6-19-10-7(9(15)17-18)4-5-8(16-10)11(12,13)14/h4-5,18H,2-3,6H2,1H3,(H2,15,17). The lowest BCUT2D eigenvalue weighted by molar-refractivity contribution is -0.141. The molecule has 0 radical (unpaired) electrons. The highest BCUT2D eigenvalue weighted by Crippen LogP contribution is 2.30. The molecule has 1 aromatic heterocycles. The van der Waals surface area contributed by atoms with Crippen molar-refractivity contribution < 1.29 is 23.1 Å². The number of unbranched alkanes of at least 4 members (excludes halogenated alkanes) is 1. The molecule has 3 N–H and O–H groups in total. The van der Waals surface area contributed by atoms with Gasteiger partial charge in [0.2, 0.25) is 5.88 Å². The maximum atomic E-state index is 12.5. The van der Waals surface area contributed by atoms with Crippen LogP contribution < -0.4 is 10.5 Å². The van der Waals surface area contributed by atoms with Gasteiger partial charge in [0.1, 0.15) is 5.69 Å². The Hall–Kier alpha value is -1.99. The van der Waals surface area contributed by atoms with E-state index in [0.29, 0.717) is 6.42 Å². The minimum absolute atomic E-state index is 0.0200. The van der Waals surface area contributed by atoms with E-state index in [9.17, 15) is 13.2 Å². The van der Waals surface area contributed by atoms with Crippen LogP contribution in [-0.4, -0.2) is 22.6 Å². The minimum Gasteiger partial charge on any atom is -0.477 e. The van der Waals surface area contributed by atoms with Crippen molar-refractivity contribution in [1.29, 1.82) is 0 Å². The van der Waals surface area contributed by atoms with Crippen LogP contribution in [0.1, 0.15) is 31.0 Å². The lowest BCUT2D eigenvalue weighted by atomic mass is 10.2. The summed E-state index contributed by atoms with van der Waals surface area (Å²) in [7, 11) is 0. The zero-order valence-corrected chi connectivity index (χ0v) is 10.2. The maximum absolute atomic E-state index is 12.5. The van der Waals surface area contributed by atoms with E-state index in [1.807, 2.05) is 6.92 Å². The van der Waals surface area contributed by atoms with E-state index >= 15 is 0 Å². The minimum atomic E-state index is -4.58. The highest BCUT2D eigenvalue weighted by molar-refractivity contribution is 5.99. The number of halogens is 3. The van der Waals surface area contributed by atoms with Crippen molar-refractivity contribution in [1.82, 2.24) is 4.98 Å². The van der Waals surface area contributed by atoms with Crippen LogP contribution in [0.5, 0.6) is 5.88 Å². The Bertz CT molecular complexity index is 461. The predicted octanol–water partition coefficient (Wildman–Crippen LogP) is 2.37. The molecule has 0 bridgehead atoms. The zero-order valence-electron chi connectivity index (χ0n) is 10.2. The SMILES string of the molecule is CCCCOc1nc(C(F)(F)F)ccc1C(N)=NO. The van der Waals surface area contributed by atoms with Gasteiger partial charge in [-0.2, -0.15) is 13.2 Å². The van der Waals surface area contributed by atoms with Crippen LogP contribution in [0, 0.1) is 0 Å². The number of nitrogens with two attached hydrogens (primary N) is 1. The smallest absolute Gasteiger partial charge is 0.433 e. The number of ether oxygens (including phenoxy) is 1. The van der Waals surface area contributed by atoms with Gasteiger partial charge >= 0.3 is 6.18 Å². The second kappa shape index (κ2) is 6.26. The number of rotatable bonds is 5. The fraction of sp³-hybridized carbons (Fsp3) is 0.455. The Morgan fingerprint density at radius 3 is 2.68 bits per heavy atom. The molecule has 5 nitrogen and oxygen atoms in total. The molecule has 0 saturated heterocycles. The number of hydrogen-bond acceptors (Lipinski definition) is 4. The summed E-state index contributed by atoms with van der Waals surface area (Å²) in [5, 5.41) is 11.3. The quantitative estimate of drug-likeness (QED) is 0.285. The highest BCUT2D eigenvalue weighted by atomic mass is 19.4. The molecule has 0 spiro atoms. The van der Waals surface area contributed by atoms with Gasteiger partial charge in [0.15, 0.2) is 5.84 Å². The van der Waals surface area contributed by atoms with E-state index in [1.54, 1.807) is 0 Å². The zero-order chi connectivity index (χ0) is 14.5. The van der Waals surface area contributed by atoms with Crippen LogP contribution in [0.15, 0.2) is 17.3 Å². The van der Waals surface area contributed by atoms with E-state index in [-0.39, 0.29) is 23.9 Å². The lowest BCUT2D eigenvalue weighted by Gasteiger charge is -2.12.